The van der Waals surface area contributed by atoms with E-state index in [2.05, 4.69) is 0 Å². The number of rotatable bonds is 6. The lowest BCUT2D eigenvalue weighted by molar-refractivity contribution is 0.0616. The van der Waals surface area contributed by atoms with Crippen molar-refractivity contribution in [3.63, 3.8) is 0 Å². The summed E-state index contributed by atoms with van der Waals surface area (Å²) in [6.45, 7) is 1.49. The van der Waals surface area contributed by atoms with E-state index in [1.165, 1.54) is 0 Å². The molecular weight excluding hydrogens is 216 g/mol. The smallest absolute Gasteiger partial charge is 0.186 e. The molecule has 0 saturated carbocycles. The quantitative estimate of drug-likeness (QED) is 0.593. The molecule has 0 bridgehead atoms. The highest BCUT2D eigenvalue weighted by atomic mass is 32.2. The van der Waals surface area contributed by atoms with Gasteiger partial charge in [0.05, 0.1) is 24.7 Å². The highest BCUT2D eigenvalue weighted by Crippen LogP contribution is 2.09. The third-order valence-corrected chi connectivity index (χ3v) is 2.46. The largest absolute Gasteiger partial charge is 0.382 e. The van der Waals surface area contributed by atoms with Gasteiger partial charge in [-0.15, -0.1) is 0 Å². The first kappa shape index (κ1) is 12.3. The number of hydrogen-bond acceptors (Lipinski definition) is 3. The van der Waals surface area contributed by atoms with E-state index >= 15 is 0 Å². The van der Waals surface area contributed by atoms with Crippen LogP contribution in [-0.4, -0.2) is 29.1 Å². The minimum atomic E-state index is -1.93. The van der Waals surface area contributed by atoms with Crippen molar-refractivity contribution in [1.29, 1.82) is 0 Å². The molecule has 0 aliphatic rings. The van der Waals surface area contributed by atoms with Crippen molar-refractivity contribution in [2.75, 3.05) is 20.3 Å². The van der Waals surface area contributed by atoms with Gasteiger partial charge in [0.1, 0.15) is 0 Å². The van der Waals surface area contributed by atoms with Gasteiger partial charge in [-0.2, -0.15) is 0 Å². The molecule has 0 fully saturated rings. The monoisotopic (exact) mass is 230 g/mol. The van der Waals surface area contributed by atoms with E-state index in [4.69, 9.17) is 14.0 Å². The molecule has 0 spiro atoms. The second kappa shape index (κ2) is 6.68. The maximum Gasteiger partial charge on any atom is 0.186 e. The van der Waals surface area contributed by atoms with Gasteiger partial charge in [0, 0.05) is 7.11 Å². The summed E-state index contributed by atoms with van der Waals surface area (Å²) in [5, 5.41) is 0. The summed E-state index contributed by atoms with van der Waals surface area (Å²) in [4.78, 5) is 0.392. The normalized spacial score (nSPS) is 12.7. The Morgan fingerprint density at radius 2 is 2.20 bits per heavy atom. The van der Waals surface area contributed by atoms with Crippen LogP contribution in [0.4, 0.5) is 0 Å². The topological polar surface area (TPSA) is 55.8 Å². The van der Waals surface area contributed by atoms with Gasteiger partial charge in [-0.3, -0.25) is 0 Å². The zero-order chi connectivity index (χ0) is 11.1. The van der Waals surface area contributed by atoms with Gasteiger partial charge in [0.25, 0.3) is 0 Å². The van der Waals surface area contributed by atoms with E-state index in [0.717, 1.165) is 5.56 Å². The molecule has 84 valence electrons. The summed E-state index contributed by atoms with van der Waals surface area (Å²) in [5.74, 6) is 0. The molecule has 5 heteroatoms. The molecule has 0 radical (unpaired) electrons. The second-order valence-corrected chi connectivity index (χ2v) is 3.91. The van der Waals surface area contributed by atoms with Crippen molar-refractivity contribution in [1.82, 2.24) is 0 Å². The fourth-order valence-electron chi connectivity index (χ4n) is 1.08. The van der Waals surface area contributed by atoms with E-state index < -0.39 is 11.1 Å². The van der Waals surface area contributed by atoms with Crippen LogP contribution < -0.4 is 0 Å². The molecule has 0 amide bonds. The Kier molecular flexibility index (Phi) is 5.49. The van der Waals surface area contributed by atoms with Gasteiger partial charge in [-0.25, -0.2) is 4.21 Å². The molecule has 0 heterocycles. The van der Waals surface area contributed by atoms with E-state index in [9.17, 15) is 4.21 Å². The molecule has 0 aliphatic heterocycles. The van der Waals surface area contributed by atoms with Crippen molar-refractivity contribution in [3.8, 4) is 0 Å². The first-order valence-electron chi connectivity index (χ1n) is 4.50. The van der Waals surface area contributed by atoms with Crippen LogP contribution in [0.5, 0.6) is 0 Å². The maximum absolute atomic E-state index is 10.8. The molecule has 1 rings (SSSR count). The Morgan fingerprint density at radius 3 is 2.87 bits per heavy atom. The third-order valence-electron chi connectivity index (χ3n) is 1.80. The van der Waals surface area contributed by atoms with Crippen molar-refractivity contribution < 1.29 is 18.2 Å². The van der Waals surface area contributed by atoms with Crippen LogP contribution in [0, 0.1) is 0 Å². The molecule has 0 aliphatic carbocycles. The Bertz CT molecular complexity index is 327. The summed E-state index contributed by atoms with van der Waals surface area (Å²) in [6.07, 6.45) is 0. The SMILES string of the molecule is COCCOCc1cccc(S(=O)O)c1. The molecule has 0 aromatic heterocycles. The standard InChI is InChI=1S/C10H14O4S/c1-13-5-6-14-8-9-3-2-4-10(7-9)15(11)12/h2-4,7H,5-6,8H2,1H3,(H,11,12). The summed E-state index contributed by atoms with van der Waals surface area (Å²) < 4.78 is 29.8. The average molecular weight is 230 g/mol. The number of benzene rings is 1. The molecule has 1 aromatic rings. The van der Waals surface area contributed by atoms with Gasteiger partial charge >= 0.3 is 0 Å². The predicted molar refractivity (Wildman–Crippen MR) is 57.0 cm³/mol. The zero-order valence-corrected chi connectivity index (χ0v) is 9.33. The second-order valence-electron chi connectivity index (χ2n) is 2.94. The summed E-state index contributed by atoms with van der Waals surface area (Å²) in [6, 6.07) is 6.85. The minimum Gasteiger partial charge on any atom is -0.382 e. The van der Waals surface area contributed by atoms with Gasteiger partial charge < -0.3 is 14.0 Å². The van der Waals surface area contributed by atoms with E-state index in [0.29, 0.717) is 24.7 Å². The first-order chi connectivity index (χ1) is 7.24. The minimum absolute atomic E-state index is 0.392. The van der Waals surface area contributed by atoms with Gasteiger partial charge in [-0.1, -0.05) is 12.1 Å². The average Bonchev–Trinajstić information content (AvgIpc) is 2.25. The Balaban J connectivity index is 2.47. The fourth-order valence-corrected chi connectivity index (χ4v) is 1.52. The van der Waals surface area contributed by atoms with Crippen LogP contribution in [0.3, 0.4) is 0 Å². The number of hydrogen-bond donors (Lipinski definition) is 1. The molecule has 15 heavy (non-hydrogen) atoms. The molecule has 4 nitrogen and oxygen atoms in total. The van der Waals surface area contributed by atoms with E-state index in [1.54, 1.807) is 25.3 Å². The fraction of sp³-hybridized carbons (Fsp3) is 0.400. The summed E-state index contributed by atoms with van der Waals surface area (Å²) >= 11 is -1.93. The molecule has 1 atom stereocenters. The Hall–Kier alpha value is -0.750. The van der Waals surface area contributed by atoms with Crippen LogP contribution in [0.15, 0.2) is 29.2 Å². The summed E-state index contributed by atoms with van der Waals surface area (Å²) in [7, 11) is 1.61. The zero-order valence-electron chi connectivity index (χ0n) is 8.51. The van der Waals surface area contributed by atoms with Gasteiger partial charge in [0.2, 0.25) is 0 Å². The first-order valence-corrected chi connectivity index (χ1v) is 5.61. The van der Waals surface area contributed by atoms with Crippen LogP contribution >= 0.6 is 0 Å². The lowest BCUT2D eigenvalue weighted by atomic mass is 10.2. The van der Waals surface area contributed by atoms with Gasteiger partial charge in [-0.05, 0) is 17.7 Å². The van der Waals surface area contributed by atoms with Gasteiger partial charge in [0.15, 0.2) is 11.1 Å². The molecule has 1 N–H and O–H groups in total. The highest BCUT2D eigenvalue weighted by Gasteiger charge is 2.00. The maximum atomic E-state index is 10.8. The van der Waals surface area contributed by atoms with Crippen molar-refractivity contribution in [3.05, 3.63) is 29.8 Å². The molecule has 0 saturated heterocycles. The molecule has 1 aromatic carbocycles. The highest BCUT2D eigenvalue weighted by molar-refractivity contribution is 7.79. The van der Waals surface area contributed by atoms with Crippen molar-refractivity contribution in [2.45, 2.75) is 11.5 Å². The molecular formula is C10H14O4S. The van der Waals surface area contributed by atoms with Crippen LogP contribution in [-0.2, 0) is 27.2 Å². The third kappa shape index (κ3) is 4.53. The van der Waals surface area contributed by atoms with E-state index in [1.807, 2.05) is 6.07 Å². The lowest BCUT2D eigenvalue weighted by Gasteiger charge is -2.04. The van der Waals surface area contributed by atoms with Crippen LogP contribution in [0.25, 0.3) is 0 Å². The van der Waals surface area contributed by atoms with Crippen LogP contribution in [0.1, 0.15) is 5.56 Å². The lowest BCUT2D eigenvalue weighted by Crippen LogP contribution is -2.02. The Morgan fingerprint density at radius 1 is 1.40 bits per heavy atom. The van der Waals surface area contributed by atoms with Crippen molar-refractivity contribution in [2.24, 2.45) is 0 Å². The summed E-state index contributed by atoms with van der Waals surface area (Å²) in [5.41, 5.74) is 0.881. The predicted octanol–water partition coefficient (Wildman–Crippen LogP) is 1.43. The molecule has 1 unspecified atom stereocenters. The number of ether oxygens (including phenoxy) is 2. The van der Waals surface area contributed by atoms with Crippen molar-refractivity contribution >= 4 is 11.1 Å². The van der Waals surface area contributed by atoms with E-state index in [-0.39, 0.29) is 0 Å². The number of methoxy groups -OCH3 is 1. The Labute approximate surface area is 91.5 Å². The van der Waals surface area contributed by atoms with Crippen LogP contribution in [0.2, 0.25) is 0 Å².